The van der Waals surface area contributed by atoms with Crippen LogP contribution >= 0.6 is 11.8 Å². The molecule has 4 rings (SSSR count). The van der Waals surface area contributed by atoms with Crippen molar-refractivity contribution in [1.82, 2.24) is 24.7 Å². The molecule has 2 aliphatic heterocycles. The lowest BCUT2D eigenvalue weighted by atomic mass is 10.1. The molecule has 0 atom stereocenters. The average Bonchev–Trinajstić information content (AvgIpc) is 2.83. The van der Waals surface area contributed by atoms with E-state index in [1.807, 2.05) is 17.0 Å². The van der Waals surface area contributed by atoms with Crippen molar-refractivity contribution >= 4 is 23.5 Å². The molecule has 2 fully saturated rings. The van der Waals surface area contributed by atoms with Crippen LogP contribution < -0.4 is 4.90 Å². The first kappa shape index (κ1) is 23.0. The molecule has 0 bridgehead atoms. The lowest BCUT2D eigenvalue weighted by Crippen LogP contribution is -2.47. The zero-order valence-electron chi connectivity index (χ0n) is 19.5. The quantitative estimate of drug-likeness (QED) is 0.491. The van der Waals surface area contributed by atoms with Crippen LogP contribution in [0.2, 0.25) is 0 Å². The van der Waals surface area contributed by atoms with Gasteiger partial charge in [-0.15, -0.1) is 0 Å². The second kappa shape index (κ2) is 10.6. The zero-order chi connectivity index (χ0) is 22.5. The first-order valence-corrected chi connectivity index (χ1v) is 12.5. The molecule has 1 amide bonds. The number of carbonyl (C=O) groups is 1. The summed E-state index contributed by atoms with van der Waals surface area (Å²) in [5.74, 6) is 1.96. The van der Waals surface area contributed by atoms with Gasteiger partial charge in [0.15, 0.2) is 5.16 Å². The Morgan fingerprint density at radius 2 is 1.53 bits per heavy atom. The van der Waals surface area contributed by atoms with Crippen molar-refractivity contribution in [3.05, 3.63) is 47.2 Å². The van der Waals surface area contributed by atoms with Crippen molar-refractivity contribution in [2.45, 2.75) is 24.3 Å². The van der Waals surface area contributed by atoms with E-state index in [0.29, 0.717) is 0 Å². The van der Waals surface area contributed by atoms with Crippen LogP contribution in [0.3, 0.4) is 0 Å². The molecular weight excluding hydrogens is 420 g/mol. The normalized spacial score (nSPS) is 18.2. The number of likely N-dealkylation sites (N-methyl/N-ethyl adjacent to an activating group) is 2. The highest BCUT2D eigenvalue weighted by atomic mass is 32.2. The van der Waals surface area contributed by atoms with Crippen LogP contribution in [0.5, 0.6) is 0 Å². The number of rotatable bonds is 6. The number of piperazine rings is 2. The monoisotopic (exact) mass is 454 g/mol. The molecule has 0 N–H and O–H groups in total. The van der Waals surface area contributed by atoms with Gasteiger partial charge in [0.2, 0.25) is 0 Å². The first-order chi connectivity index (χ1) is 15.5. The van der Waals surface area contributed by atoms with E-state index in [2.05, 4.69) is 53.9 Å². The minimum atomic E-state index is 0.133. The minimum absolute atomic E-state index is 0.133. The Balaban J connectivity index is 1.38. The van der Waals surface area contributed by atoms with Gasteiger partial charge < -0.3 is 19.6 Å². The van der Waals surface area contributed by atoms with Gasteiger partial charge in [-0.2, -0.15) is 0 Å². The molecule has 172 valence electrons. The largest absolute Gasteiger partial charge is 0.354 e. The lowest BCUT2D eigenvalue weighted by molar-refractivity contribution is 0.0664. The van der Waals surface area contributed by atoms with Crippen molar-refractivity contribution in [3.8, 4) is 0 Å². The molecule has 8 heteroatoms. The summed E-state index contributed by atoms with van der Waals surface area (Å²) in [5.41, 5.74) is 3.03. The minimum Gasteiger partial charge on any atom is -0.354 e. The lowest BCUT2D eigenvalue weighted by Gasteiger charge is -2.33. The van der Waals surface area contributed by atoms with E-state index in [9.17, 15) is 4.79 Å². The number of anilines is 1. The van der Waals surface area contributed by atoms with E-state index in [1.54, 1.807) is 11.8 Å². The molecular formula is C24H34N6OS. The number of hydrogen-bond donors (Lipinski definition) is 0. The Kier molecular flexibility index (Phi) is 7.65. The van der Waals surface area contributed by atoms with E-state index < -0.39 is 0 Å². The molecule has 2 aliphatic rings. The number of amides is 1. The van der Waals surface area contributed by atoms with Crippen LogP contribution in [0.4, 0.5) is 5.82 Å². The molecule has 2 aromatic rings. The van der Waals surface area contributed by atoms with Crippen molar-refractivity contribution in [2.75, 3.05) is 71.4 Å². The SMILES string of the molecule is CCc1cc(N2CCN(C)CC2)nc(SCc2ccc(C(=O)N3CCN(C)CC3)cc2)n1. The second-order valence-electron chi connectivity index (χ2n) is 8.73. The van der Waals surface area contributed by atoms with Gasteiger partial charge in [0.25, 0.3) is 5.91 Å². The maximum Gasteiger partial charge on any atom is 0.253 e. The van der Waals surface area contributed by atoms with Gasteiger partial charge in [-0.3, -0.25) is 4.79 Å². The maximum atomic E-state index is 12.8. The Morgan fingerprint density at radius 1 is 0.906 bits per heavy atom. The average molecular weight is 455 g/mol. The highest BCUT2D eigenvalue weighted by Crippen LogP contribution is 2.24. The van der Waals surface area contributed by atoms with Crippen LogP contribution in [-0.4, -0.2) is 97.0 Å². The molecule has 3 heterocycles. The highest BCUT2D eigenvalue weighted by Gasteiger charge is 2.20. The van der Waals surface area contributed by atoms with Gasteiger partial charge in [0.05, 0.1) is 0 Å². The van der Waals surface area contributed by atoms with Gasteiger partial charge in [0.1, 0.15) is 5.82 Å². The van der Waals surface area contributed by atoms with Crippen molar-refractivity contribution in [1.29, 1.82) is 0 Å². The molecule has 0 spiro atoms. The van der Waals surface area contributed by atoms with E-state index in [1.165, 1.54) is 5.56 Å². The number of hydrogen-bond acceptors (Lipinski definition) is 7. The number of benzene rings is 1. The Labute approximate surface area is 195 Å². The van der Waals surface area contributed by atoms with Gasteiger partial charge in [0, 0.05) is 75.4 Å². The smallest absolute Gasteiger partial charge is 0.253 e. The second-order valence-corrected chi connectivity index (χ2v) is 9.67. The fourth-order valence-corrected chi connectivity index (χ4v) is 4.81. The summed E-state index contributed by atoms with van der Waals surface area (Å²) in [6.07, 6.45) is 0.903. The van der Waals surface area contributed by atoms with Crippen LogP contribution in [-0.2, 0) is 12.2 Å². The summed E-state index contributed by atoms with van der Waals surface area (Å²) in [6, 6.07) is 10.2. The molecule has 0 aliphatic carbocycles. The molecule has 0 radical (unpaired) electrons. The summed E-state index contributed by atoms with van der Waals surface area (Å²) < 4.78 is 0. The number of nitrogens with zero attached hydrogens (tertiary/aromatic N) is 6. The number of aryl methyl sites for hydroxylation is 1. The van der Waals surface area contributed by atoms with Gasteiger partial charge >= 0.3 is 0 Å². The Morgan fingerprint density at radius 3 is 2.16 bits per heavy atom. The summed E-state index contributed by atoms with van der Waals surface area (Å²) in [4.78, 5) is 31.3. The van der Waals surface area contributed by atoms with Crippen LogP contribution in [0.25, 0.3) is 0 Å². The van der Waals surface area contributed by atoms with Crippen LogP contribution in [0, 0.1) is 0 Å². The molecule has 2 saturated heterocycles. The number of carbonyl (C=O) groups excluding carboxylic acids is 1. The third-order valence-corrected chi connectivity index (χ3v) is 7.21. The number of thioether (sulfide) groups is 1. The zero-order valence-corrected chi connectivity index (χ0v) is 20.3. The van der Waals surface area contributed by atoms with Crippen LogP contribution in [0.15, 0.2) is 35.5 Å². The maximum absolute atomic E-state index is 12.8. The highest BCUT2D eigenvalue weighted by molar-refractivity contribution is 7.98. The van der Waals surface area contributed by atoms with Gasteiger partial charge in [-0.1, -0.05) is 30.8 Å². The standard InChI is InChI=1S/C24H34N6OS/c1-4-21-17-22(29-13-9-27(2)10-14-29)26-24(25-21)32-18-19-5-7-20(8-6-19)23(31)30-15-11-28(3)12-16-30/h5-8,17H,4,9-16,18H2,1-3H3. The third-order valence-electron chi connectivity index (χ3n) is 6.29. The molecule has 0 unspecified atom stereocenters. The van der Waals surface area contributed by atoms with Gasteiger partial charge in [-0.25, -0.2) is 9.97 Å². The first-order valence-electron chi connectivity index (χ1n) is 11.5. The van der Waals surface area contributed by atoms with E-state index in [4.69, 9.17) is 9.97 Å². The van der Waals surface area contributed by atoms with Crippen molar-refractivity contribution in [3.63, 3.8) is 0 Å². The molecule has 1 aromatic carbocycles. The molecule has 7 nitrogen and oxygen atoms in total. The molecule has 1 aromatic heterocycles. The molecule has 0 saturated carbocycles. The fourth-order valence-electron chi connectivity index (χ4n) is 3.99. The van der Waals surface area contributed by atoms with E-state index >= 15 is 0 Å². The Hall–Kier alpha value is -2.16. The summed E-state index contributed by atoms with van der Waals surface area (Å²) in [6.45, 7) is 9.75. The fraction of sp³-hybridized carbons (Fsp3) is 0.542. The number of aromatic nitrogens is 2. The summed E-state index contributed by atoms with van der Waals surface area (Å²) >= 11 is 1.66. The van der Waals surface area contributed by atoms with Gasteiger partial charge in [-0.05, 0) is 38.2 Å². The van der Waals surface area contributed by atoms with Crippen molar-refractivity contribution < 1.29 is 4.79 Å². The van der Waals surface area contributed by atoms with Crippen LogP contribution in [0.1, 0.15) is 28.5 Å². The summed E-state index contributed by atoms with van der Waals surface area (Å²) in [7, 11) is 4.27. The third kappa shape index (κ3) is 5.79. The molecule has 32 heavy (non-hydrogen) atoms. The predicted molar refractivity (Wildman–Crippen MR) is 131 cm³/mol. The Bertz CT molecular complexity index is 905. The summed E-state index contributed by atoms with van der Waals surface area (Å²) in [5, 5.41) is 0.830. The van der Waals surface area contributed by atoms with Crippen molar-refractivity contribution in [2.24, 2.45) is 0 Å². The topological polar surface area (TPSA) is 55.8 Å². The van der Waals surface area contributed by atoms with E-state index in [-0.39, 0.29) is 5.91 Å². The van der Waals surface area contributed by atoms with E-state index in [0.717, 1.165) is 86.8 Å². The predicted octanol–water partition coefficient (Wildman–Crippen LogP) is 2.47.